The molecule has 0 bridgehead atoms. The summed E-state index contributed by atoms with van der Waals surface area (Å²) in [5.74, 6) is 0. The van der Waals surface area contributed by atoms with Crippen LogP contribution >= 0.6 is 0 Å². The average molecular weight is 607 g/mol. The first-order chi connectivity index (χ1) is 13.9. The summed E-state index contributed by atoms with van der Waals surface area (Å²) in [5, 5.41) is 0. The maximum atomic E-state index is 7.03. The normalized spacial score (nSPS) is 15.8. The maximum absolute atomic E-state index is 7.03. The zero-order valence-corrected chi connectivity index (χ0v) is 32.9. The molecule has 200 valence electrons. The van der Waals surface area contributed by atoms with Crippen LogP contribution in [0.1, 0.15) is 0 Å². The summed E-state index contributed by atoms with van der Waals surface area (Å²) >= 11 is 0. The molecule has 0 aromatic rings. The standard InChI is InChI=1S/C18H54O7Si8/c1-26(2,3)19-32(20-27(4,5)6,21-28(7,8)9)25-33(22-29(10,11)12,23-30(13,14)15)24-31(16,17)18/h1-18H3. The Morgan fingerprint density at radius 3 is 0.424 bits per heavy atom. The Kier molecular flexibility index (Phi) is 11.5. The van der Waals surface area contributed by atoms with Gasteiger partial charge < -0.3 is 28.8 Å². The molecule has 0 rings (SSSR count). The van der Waals surface area contributed by atoms with Gasteiger partial charge in [0, 0.05) is 0 Å². The van der Waals surface area contributed by atoms with Crippen molar-refractivity contribution in [3.8, 4) is 0 Å². The molecule has 0 aliphatic carbocycles. The molecule has 33 heavy (non-hydrogen) atoms. The third-order valence-electron chi connectivity index (χ3n) is 2.84. The Morgan fingerprint density at radius 2 is 0.333 bits per heavy atom. The quantitative estimate of drug-likeness (QED) is 0.198. The Hall–Kier alpha value is 1.46. The molecule has 0 heterocycles. The van der Waals surface area contributed by atoms with E-state index in [4.69, 9.17) is 28.8 Å². The largest absolute Gasteiger partial charge is 0.641 e. The molecule has 0 unspecified atom stereocenters. The molecule has 0 atom stereocenters. The van der Waals surface area contributed by atoms with Crippen molar-refractivity contribution in [3.63, 3.8) is 0 Å². The van der Waals surface area contributed by atoms with Gasteiger partial charge in [0.2, 0.25) is 0 Å². The van der Waals surface area contributed by atoms with Crippen LogP contribution in [0.3, 0.4) is 0 Å². The molecule has 0 aromatic carbocycles. The Labute approximate surface area is 214 Å². The van der Waals surface area contributed by atoms with Crippen molar-refractivity contribution in [1.29, 1.82) is 0 Å². The molecule has 0 aliphatic heterocycles. The molecule has 0 aromatic heterocycles. The average Bonchev–Trinajstić information content (AvgIpc) is 2.20. The van der Waals surface area contributed by atoms with Gasteiger partial charge in [-0.15, -0.1) is 0 Å². The molecule has 0 N–H and O–H groups in total. The van der Waals surface area contributed by atoms with Gasteiger partial charge in [-0.05, 0) is 118 Å². The predicted molar refractivity (Wildman–Crippen MR) is 159 cm³/mol. The zero-order chi connectivity index (χ0) is 26.9. The van der Waals surface area contributed by atoms with Crippen LogP contribution in [-0.4, -0.2) is 68.0 Å². The van der Waals surface area contributed by atoms with E-state index in [0.29, 0.717) is 0 Å². The lowest BCUT2D eigenvalue weighted by Gasteiger charge is -2.47. The fourth-order valence-electron chi connectivity index (χ4n) is 2.65. The minimum absolute atomic E-state index is 2.14. The van der Waals surface area contributed by atoms with Crippen molar-refractivity contribution in [1.82, 2.24) is 0 Å². The summed E-state index contributed by atoms with van der Waals surface area (Å²) in [7, 11) is -20.3. The molecule has 0 saturated heterocycles. The minimum Gasteiger partial charge on any atom is -0.396 e. The molecule has 0 radical (unpaired) electrons. The highest BCUT2D eigenvalue weighted by Gasteiger charge is 2.65. The fourth-order valence-corrected chi connectivity index (χ4v) is 28.4. The number of hydrogen-bond donors (Lipinski definition) is 0. The first-order valence-corrected chi connectivity index (χ1v) is 35.6. The van der Waals surface area contributed by atoms with Gasteiger partial charge >= 0.3 is 18.1 Å². The molecule has 0 saturated carbocycles. The topological polar surface area (TPSA) is 64.6 Å². The lowest BCUT2D eigenvalue weighted by atomic mass is 11.8. The minimum atomic E-state index is -3.70. The van der Waals surface area contributed by atoms with Crippen LogP contribution in [0.15, 0.2) is 0 Å². The van der Waals surface area contributed by atoms with Gasteiger partial charge in [-0.25, -0.2) is 0 Å². The van der Waals surface area contributed by atoms with Gasteiger partial charge in [0.15, 0.2) is 49.9 Å². The Bertz CT molecular complexity index is 487. The summed E-state index contributed by atoms with van der Waals surface area (Å²) in [5.41, 5.74) is 0. The van der Waals surface area contributed by atoms with Gasteiger partial charge in [-0.1, -0.05) is 0 Å². The Balaban J connectivity index is 7.07. The molecule has 0 fully saturated rings. The van der Waals surface area contributed by atoms with Gasteiger partial charge in [-0.3, -0.25) is 0 Å². The van der Waals surface area contributed by atoms with E-state index in [0.717, 1.165) is 0 Å². The van der Waals surface area contributed by atoms with E-state index in [1.54, 1.807) is 0 Å². The van der Waals surface area contributed by atoms with Crippen molar-refractivity contribution in [2.75, 3.05) is 0 Å². The van der Waals surface area contributed by atoms with Crippen molar-refractivity contribution < 1.29 is 28.8 Å². The van der Waals surface area contributed by atoms with Crippen molar-refractivity contribution >= 4 is 68.0 Å². The Morgan fingerprint density at radius 1 is 0.212 bits per heavy atom. The number of hydrogen-bond acceptors (Lipinski definition) is 7. The van der Waals surface area contributed by atoms with Crippen molar-refractivity contribution in [2.24, 2.45) is 0 Å². The monoisotopic (exact) mass is 606 g/mol. The summed E-state index contributed by atoms with van der Waals surface area (Å²) in [6, 6.07) is 0. The second kappa shape index (κ2) is 11.1. The predicted octanol–water partition coefficient (Wildman–Crippen LogP) is 6.98. The van der Waals surface area contributed by atoms with Crippen LogP contribution in [0.4, 0.5) is 0 Å². The van der Waals surface area contributed by atoms with Crippen LogP contribution < -0.4 is 0 Å². The molecule has 0 amide bonds. The second-order valence-electron chi connectivity index (χ2n) is 14.4. The summed E-state index contributed by atoms with van der Waals surface area (Å²) < 4.78 is 47.8. The fraction of sp³-hybridized carbons (Fsp3) is 1.00. The third kappa shape index (κ3) is 17.5. The van der Waals surface area contributed by atoms with E-state index in [1.165, 1.54) is 0 Å². The van der Waals surface area contributed by atoms with Crippen LogP contribution in [0.2, 0.25) is 118 Å². The maximum Gasteiger partial charge on any atom is 0.641 e. The van der Waals surface area contributed by atoms with Crippen molar-refractivity contribution in [2.45, 2.75) is 118 Å². The molecule has 0 spiro atoms. The zero-order valence-electron chi connectivity index (χ0n) is 24.9. The van der Waals surface area contributed by atoms with Crippen molar-refractivity contribution in [3.05, 3.63) is 0 Å². The highest BCUT2D eigenvalue weighted by molar-refractivity contribution is 6.94. The van der Waals surface area contributed by atoms with E-state index < -0.39 is 68.0 Å². The number of rotatable bonds is 14. The first kappa shape index (κ1) is 34.5. The van der Waals surface area contributed by atoms with Gasteiger partial charge in [-0.2, -0.15) is 0 Å². The van der Waals surface area contributed by atoms with Gasteiger partial charge in [0.1, 0.15) is 0 Å². The smallest absolute Gasteiger partial charge is 0.396 e. The van der Waals surface area contributed by atoms with E-state index in [2.05, 4.69) is 118 Å². The summed E-state index contributed by atoms with van der Waals surface area (Å²) in [6.07, 6.45) is 0. The van der Waals surface area contributed by atoms with Crippen LogP contribution in [-0.2, 0) is 28.8 Å². The van der Waals surface area contributed by atoms with E-state index >= 15 is 0 Å². The highest BCUT2D eigenvalue weighted by Crippen LogP contribution is 2.34. The molecule has 0 aliphatic rings. The van der Waals surface area contributed by atoms with E-state index in [1.807, 2.05) is 0 Å². The van der Waals surface area contributed by atoms with Crippen LogP contribution in [0.25, 0.3) is 0 Å². The molecular formula is C18H54O7Si8. The second-order valence-corrected chi connectivity index (χ2v) is 47.5. The SMILES string of the molecule is C[Si](C)(C)O[Si](O[Si](C)(C)C)(O[Si](C)(C)C)O[Si](O[Si](C)(C)C)(O[Si](C)(C)C)O[Si](C)(C)C. The van der Waals surface area contributed by atoms with Crippen LogP contribution in [0, 0.1) is 0 Å². The van der Waals surface area contributed by atoms with E-state index in [9.17, 15) is 0 Å². The summed E-state index contributed by atoms with van der Waals surface area (Å²) in [4.78, 5) is 0. The lowest BCUT2D eigenvalue weighted by Crippen LogP contribution is -2.72. The lowest BCUT2D eigenvalue weighted by molar-refractivity contribution is 0.0668. The highest BCUT2D eigenvalue weighted by atomic mass is 28.6. The van der Waals surface area contributed by atoms with Gasteiger partial charge in [0.05, 0.1) is 0 Å². The molecule has 7 nitrogen and oxygen atoms in total. The molecular weight excluding hydrogens is 553 g/mol. The molecule has 15 heteroatoms. The van der Waals surface area contributed by atoms with Crippen LogP contribution in [0.5, 0.6) is 0 Å². The van der Waals surface area contributed by atoms with Gasteiger partial charge in [0.25, 0.3) is 0 Å². The summed E-state index contributed by atoms with van der Waals surface area (Å²) in [6.45, 7) is 38.5. The first-order valence-electron chi connectivity index (χ1n) is 11.9. The van der Waals surface area contributed by atoms with E-state index in [-0.39, 0.29) is 0 Å². The third-order valence-corrected chi connectivity index (χ3v) is 25.5.